The number of hydrogen-bond acceptors (Lipinski definition) is 3. The Balaban J connectivity index is 1.90. The van der Waals surface area contributed by atoms with Crippen molar-refractivity contribution in [1.82, 2.24) is 4.90 Å². The van der Waals surface area contributed by atoms with Crippen molar-refractivity contribution in [2.75, 3.05) is 6.54 Å². The maximum absolute atomic E-state index is 12.5. The number of hydrogen-bond donors (Lipinski definition) is 1. The molecule has 0 spiro atoms. The molecule has 0 saturated carbocycles. The zero-order chi connectivity index (χ0) is 18.0. The van der Waals surface area contributed by atoms with Crippen molar-refractivity contribution < 1.29 is 9.53 Å². The first-order valence-corrected chi connectivity index (χ1v) is 8.75. The smallest absolute Gasteiger partial charge is 0.410 e. The van der Waals surface area contributed by atoms with E-state index in [2.05, 4.69) is 30.3 Å². The van der Waals surface area contributed by atoms with Crippen molar-refractivity contribution in [3.05, 3.63) is 59.7 Å². The summed E-state index contributed by atoms with van der Waals surface area (Å²) in [6.07, 6.45) is 0.453. The molecular formula is C21H26N2O2. The summed E-state index contributed by atoms with van der Waals surface area (Å²) in [5.74, 6) is 0. The van der Waals surface area contributed by atoms with Gasteiger partial charge in [-0.2, -0.15) is 0 Å². The SMILES string of the molecule is CC(C)(C)OC(=O)N1CC[C@H](N)c2ccc(-c3ccccc3)cc2C1. The summed E-state index contributed by atoms with van der Waals surface area (Å²) < 4.78 is 5.54. The number of carbonyl (C=O) groups is 1. The van der Waals surface area contributed by atoms with Gasteiger partial charge in [-0.15, -0.1) is 0 Å². The second-order valence-corrected chi connectivity index (χ2v) is 7.58. The normalized spacial score (nSPS) is 17.6. The lowest BCUT2D eigenvalue weighted by atomic mass is 9.95. The zero-order valence-electron chi connectivity index (χ0n) is 15.2. The molecule has 1 atom stereocenters. The Bertz CT molecular complexity index is 750. The van der Waals surface area contributed by atoms with Crippen molar-refractivity contribution in [3.63, 3.8) is 0 Å². The van der Waals surface area contributed by atoms with E-state index in [0.717, 1.165) is 28.7 Å². The Hall–Kier alpha value is -2.33. The van der Waals surface area contributed by atoms with Crippen molar-refractivity contribution >= 4 is 6.09 Å². The van der Waals surface area contributed by atoms with Crippen LogP contribution in [-0.2, 0) is 11.3 Å². The fourth-order valence-corrected chi connectivity index (χ4v) is 3.13. The predicted molar refractivity (Wildman–Crippen MR) is 100 cm³/mol. The van der Waals surface area contributed by atoms with Gasteiger partial charge < -0.3 is 15.4 Å². The van der Waals surface area contributed by atoms with Gasteiger partial charge in [-0.05, 0) is 55.5 Å². The van der Waals surface area contributed by atoms with Crippen LogP contribution in [0.4, 0.5) is 4.79 Å². The highest BCUT2D eigenvalue weighted by Gasteiger charge is 2.27. The van der Waals surface area contributed by atoms with Gasteiger partial charge in [0, 0.05) is 19.1 Å². The van der Waals surface area contributed by atoms with Crippen molar-refractivity contribution in [2.45, 2.75) is 45.4 Å². The summed E-state index contributed by atoms with van der Waals surface area (Å²) >= 11 is 0. The van der Waals surface area contributed by atoms with Crippen molar-refractivity contribution in [1.29, 1.82) is 0 Å². The fraction of sp³-hybridized carbons (Fsp3) is 0.381. The highest BCUT2D eigenvalue weighted by molar-refractivity contribution is 5.69. The Kier molecular flexibility index (Phi) is 4.82. The van der Waals surface area contributed by atoms with Crippen LogP contribution in [0, 0.1) is 0 Å². The first-order chi connectivity index (χ1) is 11.8. The van der Waals surface area contributed by atoms with Gasteiger partial charge >= 0.3 is 6.09 Å². The number of fused-ring (bicyclic) bond motifs is 1. The minimum atomic E-state index is -0.500. The topological polar surface area (TPSA) is 55.6 Å². The maximum atomic E-state index is 12.5. The lowest BCUT2D eigenvalue weighted by Gasteiger charge is -2.26. The summed E-state index contributed by atoms with van der Waals surface area (Å²) in [6, 6.07) is 16.5. The van der Waals surface area contributed by atoms with Gasteiger partial charge in [-0.1, -0.05) is 42.5 Å². The molecule has 0 fully saturated rings. The van der Waals surface area contributed by atoms with E-state index in [0.29, 0.717) is 13.1 Å². The molecule has 2 N–H and O–H groups in total. The molecule has 4 heteroatoms. The standard InChI is InChI=1S/C21H26N2O2/c1-21(2,3)25-20(24)23-12-11-19(22)18-10-9-16(13-17(18)14-23)15-7-5-4-6-8-15/h4-10,13,19H,11-12,14,22H2,1-3H3/t19-/m0/s1. The molecule has 4 nitrogen and oxygen atoms in total. The quantitative estimate of drug-likeness (QED) is 0.833. The van der Waals surface area contributed by atoms with Crippen molar-refractivity contribution in [3.8, 4) is 11.1 Å². The molecule has 0 radical (unpaired) electrons. The molecule has 1 heterocycles. The Morgan fingerprint density at radius 2 is 1.84 bits per heavy atom. The monoisotopic (exact) mass is 338 g/mol. The van der Waals surface area contributed by atoms with Crippen LogP contribution in [-0.4, -0.2) is 23.1 Å². The zero-order valence-corrected chi connectivity index (χ0v) is 15.2. The number of nitrogens with zero attached hydrogens (tertiary/aromatic N) is 1. The highest BCUT2D eigenvalue weighted by atomic mass is 16.6. The molecule has 0 unspecified atom stereocenters. The fourth-order valence-electron chi connectivity index (χ4n) is 3.13. The molecule has 3 rings (SSSR count). The largest absolute Gasteiger partial charge is 0.444 e. The van der Waals surface area contributed by atoms with Crippen LogP contribution in [0.15, 0.2) is 48.5 Å². The minimum absolute atomic E-state index is 0.0627. The molecule has 132 valence electrons. The van der Waals surface area contributed by atoms with Gasteiger partial charge in [0.05, 0.1) is 0 Å². The van der Waals surface area contributed by atoms with E-state index in [4.69, 9.17) is 10.5 Å². The molecule has 1 aliphatic rings. The van der Waals surface area contributed by atoms with Gasteiger partial charge in [-0.25, -0.2) is 4.79 Å². The average Bonchev–Trinajstić information content (AvgIpc) is 2.73. The number of amides is 1. The Labute approximate surface area is 149 Å². The summed E-state index contributed by atoms with van der Waals surface area (Å²) in [4.78, 5) is 14.3. The number of ether oxygens (including phenoxy) is 1. The third-order valence-electron chi connectivity index (χ3n) is 4.37. The van der Waals surface area contributed by atoms with Gasteiger partial charge in [0.15, 0.2) is 0 Å². The second kappa shape index (κ2) is 6.89. The van der Waals surface area contributed by atoms with Crippen LogP contribution in [0.2, 0.25) is 0 Å². The molecule has 0 saturated heterocycles. The van der Waals surface area contributed by atoms with Crippen LogP contribution in [0.5, 0.6) is 0 Å². The molecule has 25 heavy (non-hydrogen) atoms. The van der Waals surface area contributed by atoms with Crippen LogP contribution in [0.25, 0.3) is 11.1 Å². The molecule has 1 aliphatic heterocycles. The van der Waals surface area contributed by atoms with E-state index < -0.39 is 5.60 Å². The van der Waals surface area contributed by atoms with E-state index in [1.807, 2.05) is 39.0 Å². The maximum Gasteiger partial charge on any atom is 0.410 e. The first-order valence-electron chi connectivity index (χ1n) is 8.75. The Morgan fingerprint density at radius 3 is 2.52 bits per heavy atom. The van der Waals surface area contributed by atoms with E-state index in [-0.39, 0.29) is 12.1 Å². The van der Waals surface area contributed by atoms with Gasteiger partial charge in [0.2, 0.25) is 0 Å². The lowest BCUT2D eigenvalue weighted by molar-refractivity contribution is 0.0235. The summed E-state index contributed by atoms with van der Waals surface area (Å²) in [5, 5.41) is 0. The Morgan fingerprint density at radius 1 is 1.12 bits per heavy atom. The lowest BCUT2D eigenvalue weighted by Crippen LogP contribution is -2.36. The third-order valence-corrected chi connectivity index (χ3v) is 4.37. The molecule has 2 aromatic rings. The van der Waals surface area contributed by atoms with E-state index in [1.54, 1.807) is 4.90 Å². The highest BCUT2D eigenvalue weighted by Crippen LogP contribution is 2.30. The summed E-state index contributed by atoms with van der Waals surface area (Å²) in [6.45, 7) is 6.78. The van der Waals surface area contributed by atoms with Crippen LogP contribution >= 0.6 is 0 Å². The molecule has 0 aliphatic carbocycles. The average molecular weight is 338 g/mol. The number of rotatable bonds is 1. The molecule has 0 bridgehead atoms. The van der Waals surface area contributed by atoms with Gasteiger partial charge in [0.1, 0.15) is 5.60 Å². The minimum Gasteiger partial charge on any atom is -0.444 e. The number of carbonyl (C=O) groups excluding carboxylic acids is 1. The van der Waals surface area contributed by atoms with Crippen LogP contribution < -0.4 is 5.73 Å². The summed E-state index contributed by atoms with van der Waals surface area (Å²) in [5.41, 5.74) is 10.4. The van der Waals surface area contributed by atoms with Gasteiger partial charge in [-0.3, -0.25) is 0 Å². The molecule has 1 amide bonds. The molecular weight excluding hydrogens is 312 g/mol. The molecule has 2 aromatic carbocycles. The van der Waals surface area contributed by atoms with E-state index in [9.17, 15) is 4.79 Å². The molecule has 0 aromatic heterocycles. The first kappa shape index (κ1) is 17.5. The van der Waals surface area contributed by atoms with E-state index >= 15 is 0 Å². The number of benzene rings is 2. The predicted octanol–water partition coefficient (Wildman–Crippen LogP) is 4.49. The third kappa shape index (κ3) is 4.20. The summed E-state index contributed by atoms with van der Waals surface area (Å²) in [7, 11) is 0. The van der Waals surface area contributed by atoms with E-state index in [1.165, 1.54) is 0 Å². The second-order valence-electron chi connectivity index (χ2n) is 7.58. The number of nitrogens with two attached hydrogens (primary N) is 1. The van der Waals surface area contributed by atoms with Crippen LogP contribution in [0.3, 0.4) is 0 Å². The van der Waals surface area contributed by atoms with Crippen molar-refractivity contribution in [2.24, 2.45) is 5.73 Å². The van der Waals surface area contributed by atoms with Crippen LogP contribution in [0.1, 0.15) is 44.4 Å². The van der Waals surface area contributed by atoms with Gasteiger partial charge in [0.25, 0.3) is 0 Å².